The van der Waals surface area contributed by atoms with Crippen molar-refractivity contribution in [3.05, 3.63) is 29.3 Å². The molecule has 0 aromatic heterocycles. The Labute approximate surface area is 129 Å². The molecule has 1 aromatic rings. The van der Waals surface area contributed by atoms with E-state index < -0.39 is 0 Å². The van der Waals surface area contributed by atoms with Gasteiger partial charge in [0.1, 0.15) is 0 Å². The molecule has 0 radical (unpaired) electrons. The molecule has 2 atom stereocenters. The molecule has 1 saturated heterocycles. The van der Waals surface area contributed by atoms with Gasteiger partial charge >= 0.3 is 6.03 Å². The van der Waals surface area contributed by atoms with Crippen LogP contribution in [-0.2, 0) is 16.0 Å². The first kappa shape index (κ1) is 14.8. The lowest BCUT2D eigenvalue weighted by Gasteiger charge is -2.17. The maximum atomic E-state index is 11.9. The third kappa shape index (κ3) is 3.39. The van der Waals surface area contributed by atoms with Crippen LogP contribution in [0.2, 0.25) is 0 Å². The van der Waals surface area contributed by atoms with E-state index >= 15 is 0 Å². The molecule has 3 amide bonds. The molecule has 1 aromatic carbocycles. The zero-order valence-electron chi connectivity index (χ0n) is 12.6. The van der Waals surface area contributed by atoms with Crippen molar-refractivity contribution in [2.75, 3.05) is 18.5 Å². The molecular weight excluding hydrogens is 282 g/mol. The van der Waals surface area contributed by atoms with Gasteiger partial charge in [-0.2, -0.15) is 0 Å². The maximum Gasteiger partial charge on any atom is 0.315 e. The van der Waals surface area contributed by atoms with Gasteiger partial charge in [-0.05, 0) is 37.0 Å². The number of anilines is 1. The summed E-state index contributed by atoms with van der Waals surface area (Å²) in [7, 11) is 0. The number of carbonyl (C=O) groups excluding carboxylic acids is 2. The summed E-state index contributed by atoms with van der Waals surface area (Å²) >= 11 is 0. The average Bonchev–Trinajstić information content (AvgIpc) is 3.12. The maximum absolute atomic E-state index is 11.9. The van der Waals surface area contributed by atoms with Crippen LogP contribution in [0.3, 0.4) is 0 Å². The van der Waals surface area contributed by atoms with Gasteiger partial charge < -0.3 is 20.7 Å². The van der Waals surface area contributed by atoms with E-state index in [-0.39, 0.29) is 24.1 Å². The highest BCUT2D eigenvalue weighted by Crippen LogP contribution is 2.26. The van der Waals surface area contributed by atoms with Crippen molar-refractivity contribution in [1.29, 1.82) is 0 Å². The van der Waals surface area contributed by atoms with Gasteiger partial charge in [-0.15, -0.1) is 0 Å². The number of hydrogen-bond acceptors (Lipinski definition) is 3. The van der Waals surface area contributed by atoms with Crippen LogP contribution in [-0.4, -0.2) is 31.2 Å². The first-order valence-electron chi connectivity index (χ1n) is 7.70. The van der Waals surface area contributed by atoms with Crippen LogP contribution in [0.4, 0.5) is 10.5 Å². The van der Waals surface area contributed by atoms with Crippen LogP contribution in [0.1, 0.15) is 36.9 Å². The number of nitrogens with one attached hydrogen (secondary N) is 3. The molecule has 22 heavy (non-hydrogen) atoms. The lowest BCUT2D eigenvalue weighted by molar-refractivity contribution is -0.115. The number of fused-ring (bicyclic) bond motifs is 1. The van der Waals surface area contributed by atoms with Crippen molar-refractivity contribution in [1.82, 2.24) is 10.6 Å². The number of carbonyl (C=O) groups is 2. The van der Waals surface area contributed by atoms with Crippen molar-refractivity contribution >= 4 is 17.6 Å². The molecule has 118 valence electrons. The number of ether oxygens (including phenoxy) is 1. The number of rotatable bonds is 4. The first-order valence-corrected chi connectivity index (χ1v) is 7.70. The van der Waals surface area contributed by atoms with Crippen LogP contribution in [0.5, 0.6) is 0 Å². The van der Waals surface area contributed by atoms with Crippen molar-refractivity contribution in [2.24, 2.45) is 0 Å². The van der Waals surface area contributed by atoms with Gasteiger partial charge in [-0.1, -0.05) is 12.1 Å². The Morgan fingerprint density at radius 3 is 3.14 bits per heavy atom. The van der Waals surface area contributed by atoms with Gasteiger partial charge in [0.25, 0.3) is 0 Å². The fourth-order valence-corrected chi connectivity index (χ4v) is 2.86. The lowest BCUT2D eigenvalue weighted by Crippen LogP contribution is -2.40. The Balaban J connectivity index is 1.53. The second-order valence-corrected chi connectivity index (χ2v) is 5.85. The van der Waals surface area contributed by atoms with E-state index in [9.17, 15) is 9.59 Å². The fraction of sp³-hybridized carbons (Fsp3) is 0.500. The van der Waals surface area contributed by atoms with Gasteiger partial charge in [0.15, 0.2) is 0 Å². The highest BCUT2D eigenvalue weighted by molar-refractivity contribution is 5.99. The molecule has 0 aliphatic carbocycles. The third-order valence-corrected chi connectivity index (χ3v) is 4.12. The fourth-order valence-electron chi connectivity index (χ4n) is 2.86. The summed E-state index contributed by atoms with van der Waals surface area (Å²) in [6.07, 6.45) is 2.60. The summed E-state index contributed by atoms with van der Waals surface area (Å²) < 4.78 is 5.47. The molecule has 3 N–H and O–H groups in total. The normalized spacial score (nSPS) is 21.1. The van der Waals surface area contributed by atoms with E-state index in [1.807, 2.05) is 25.1 Å². The van der Waals surface area contributed by atoms with Crippen molar-refractivity contribution in [3.8, 4) is 0 Å². The minimum absolute atomic E-state index is 0.0158. The van der Waals surface area contributed by atoms with Crippen molar-refractivity contribution in [3.63, 3.8) is 0 Å². The highest BCUT2D eigenvalue weighted by Gasteiger charge is 2.20. The Hall–Kier alpha value is -2.08. The van der Waals surface area contributed by atoms with Crippen LogP contribution < -0.4 is 16.0 Å². The molecule has 6 heteroatoms. The molecule has 3 rings (SSSR count). The Morgan fingerprint density at radius 1 is 1.50 bits per heavy atom. The second-order valence-electron chi connectivity index (χ2n) is 5.85. The van der Waals surface area contributed by atoms with Crippen molar-refractivity contribution in [2.45, 2.75) is 38.3 Å². The van der Waals surface area contributed by atoms with E-state index in [0.29, 0.717) is 13.0 Å². The van der Waals surface area contributed by atoms with Crippen LogP contribution in [0.15, 0.2) is 18.2 Å². The van der Waals surface area contributed by atoms with E-state index in [1.165, 1.54) is 0 Å². The quantitative estimate of drug-likeness (QED) is 0.792. The monoisotopic (exact) mass is 303 g/mol. The number of urea groups is 1. The molecule has 0 unspecified atom stereocenters. The summed E-state index contributed by atoms with van der Waals surface area (Å²) in [4.78, 5) is 23.3. The molecule has 2 aliphatic heterocycles. The van der Waals surface area contributed by atoms with E-state index in [4.69, 9.17) is 4.74 Å². The molecule has 2 heterocycles. The summed E-state index contributed by atoms with van der Waals surface area (Å²) in [6.45, 7) is 3.25. The Morgan fingerprint density at radius 2 is 2.36 bits per heavy atom. The SMILES string of the molecule is C[C@@H](NC(=O)NC[C@@H]1CCCO1)c1ccc2c(c1)CC(=O)N2. The predicted octanol–water partition coefficient (Wildman–Crippen LogP) is 1.72. The predicted molar refractivity (Wildman–Crippen MR) is 82.7 cm³/mol. The topological polar surface area (TPSA) is 79.5 Å². The molecular formula is C16H21N3O3. The summed E-state index contributed by atoms with van der Waals surface area (Å²) in [5.74, 6) is 0.0158. The molecule has 0 spiro atoms. The largest absolute Gasteiger partial charge is 0.376 e. The van der Waals surface area contributed by atoms with Gasteiger partial charge in [-0.3, -0.25) is 4.79 Å². The zero-order chi connectivity index (χ0) is 15.5. The van der Waals surface area contributed by atoms with Gasteiger partial charge in [0, 0.05) is 18.8 Å². The van der Waals surface area contributed by atoms with Crippen LogP contribution in [0.25, 0.3) is 0 Å². The third-order valence-electron chi connectivity index (χ3n) is 4.12. The minimum Gasteiger partial charge on any atom is -0.376 e. The minimum atomic E-state index is -0.197. The standard InChI is InChI=1S/C16H21N3O3/c1-10(18-16(21)17-9-13-3-2-6-22-13)11-4-5-14-12(7-11)8-15(20)19-14/h4-5,7,10,13H,2-3,6,8-9H2,1H3,(H,19,20)(H2,17,18,21)/t10-,13+/m1/s1. The van der Waals surface area contributed by atoms with Crippen molar-refractivity contribution < 1.29 is 14.3 Å². The van der Waals surface area contributed by atoms with Gasteiger partial charge in [-0.25, -0.2) is 4.79 Å². The van der Waals surface area contributed by atoms with Gasteiger partial charge in [0.2, 0.25) is 5.91 Å². The van der Waals surface area contributed by atoms with E-state index in [0.717, 1.165) is 36.3 Å². The molecule has 1 fully saturated rings. The number of hydrogen-bond donors (Lipinski definition) is 3. The van der Waals surface area contributed by atoms with E-state index in [2.05, 4.69) is 16.0 Å². The smallest absolute Gasteiger partial charge is 0.315 e. The molecule has 0 saturated carbocycles. The zero-order valence-corrected chi connectivity index (χ0v) is 12.6. The second kappa shape index (κ2) is 6.36. The van der Waals surface area contributed by atoms with Crippen LogP contribution >= 0.6 is 0 Å². The summed E-state index contributed by atoms with van der Waals surface area (Å²) in [5.41, 5.74) is 2.84. The number of benzene rings is 1. The molecule has 6 nitrogen and oxygen atoms in total. The molecule has 2 aliphatic rings. The first-order chi connectivity index (χ1) is 10.6. The van der Waals surface area contributed by atoms with Crippen LogP contribution in [0, 0.1) is 0 Å². The summed E-state index contributed by atoms with van der Waals surface area (Å²) in [6, 6.07) is 5.47. The number of amides is 3. The molecule has 0 bridgehead atoms. The highest BCUT2D eigenvalue weighted by atomic mass is 16.5. The van der Waals surface area contributed by atoms with Gasteiger partial charge in [0.05, 0.1) is 18.6 Å². The van der Waals surface area contributed by atoms with E-state index in [1.54, 1.807) is 0 Å². The Bertz CT molecular complexity index is 582. The lowest BCUT2D eigenvalue weighted by atomic mass is 10.0. The summed E-state index contributed by atoms with van der Waals surface area (Å²) in [5, 5.41) is 8.56. The Kier molecular flexibility index (Phi) is 4.29. The average molecular weight is 303 g/mol.